The molecule has 14 heavy (non-hydrogen) atoms. The number of carbonyl (C=O) groups is 1. The van der Waals surface area contributed by atoms with Gasteiger partial charge >= 0.3 is 5.97 Å². The number of rotatable bonds is 3. The van der Waals surface area contributed by atoms with Crippen molar-refractivity contribution in [2.24, 2.45) is 0 Å². The van der Waals surface area contributed by atoms with Crippen molar-refractivity contribution in [1.82, 2.24) is 9.97 Å². The van der Waals surface area contributed by atoms with E-state index in [0.717, 1.165) is 6.08 Å². The van der Waals surface area contributed by atoms with E-state index >= 15 is 0 Å². The molecule has 1 rings (SSSR count). The third-order valence-electron chi connectivity index (χ3n) is 1.40. The fourth-order valence-corrected chi connectivity index (χ4v) is 1.12. The number of carboxylic acids is 1. The number of carboxylic acid groups (broad SMARTS) is 1. The van der Waals surface area contributed by atoms with Crippen molar-refractivity contribution >= 4 is 23.8 Å². The molecule has 5 nitrogen and oxygen atoms in total. The molecular weight excluding hydrogens is 204 g/mol. The van der Waals surface area contributed by atoms with Crippen molar-refractivity contribution in [3.63, 3.8) is 0 Å². The van der Waals surface area contributed by atoms with E-state index in [1.807, 2.05) is 0 Å². The number of aromatic amines is 1. The number of thioether (sulfide) groups is 1. The zero-order valence-corrected chi connectivity index (χ0v) is 8.17. The Bertz CT molecular complexity index is 425. The van der Waals surface area contributed by atoms with Gasteiger partial charge in [0.15, 0.2) is 5.16 Å². The van der Waals surface area contributed by atoms with Gasteiger partial charge in [0.05, 0.1) is 5.56 Å². The van der Waals surface area contributed by atoms with Gasteiger partial charge in [0.2, 0.25) is 0 Å². The van der Waals surface area contributed by atoms with Crippen molar-refractivity contribution in [3.8, 4) is 0 Å². The van der Waals surface area contributed by atoms with Gasteiger partial charge in [-0.2, -0.15) is 0 Å². The minimum absolute atomic E-state index is 0.227. The highest BCUT2D eigenvalue weighted by atomic mass is 32.2. The van der Waals surface area contributed by atoms with Crippen LogP contribution in [0.2, 0.25) is 0 Å². The van der Waals surface area contributed by atoms with E-state index in [9.17, 15) is 9.59 Å². The Morgan fingerprint density at radius 1 is 1.71 bits per heavy atom. The number of aromatic nitrogens is 2. The van der Waals surface area contributed by atoms with Crippen LogP contribution in [-0.4, -0.2) is 27.3 Å². The Morgan fingerprint density at radius 3 is 2.93 bits per heavy atom. The number of nitrogens with zero attached hydrogens (tertiary/aromatic N) is 1. The van der Waals surface area contributed by atoms with Crippen LogP contribution in [0.5, 0.6) is 0 Å². The normalized spacial score (nSPS) is 10.6. The van der Waals surface area contributed by atoms with Crippen LogP contribution < -0.4 is 5.56 Å². The minimum Gasteiger partial charge on any atom is -0.478 e. The summed E-state index contributed by atoms with van der Waals surface area (Å²) in [6, 6.07) is 0. The summed E-state index contributed by atoms with van der Waals surface area (Å²) >= 11 is 1.31. The van der Waals surface area contributed by atoms with Crippen molar-refractivity contribution in [3.05, 3.63) is 28.2 Å². The van der Waals surface area contributed by atoms with Gasteiger partial charge in [0.1, 0.15) is 0 Å². The molecule has 0 bridgehead atoms. The van der Waals surface area contributed by atoms with Crippen molar-refractivity contribution in [2.75, 3.05) is 6.26 Å². The molecule has 0 amide bonds. The molecule has 1 aromatic heterocycles. The summed E-state index contributed by atoms with van der Waals surface area (Å²) in [4.78, 5) is 27.8. The third-order valence-corrected chi connectivity index (χ3v) is 2.00. The summed E-state index contributed by atoms with van der Waals surface area (Å²) in [6.07, 6.45) is 5.22. The lowest BCUT2D eigenvalue weighted by atomic mass is 10.3. The zero-order valence-electron chi connectivity index (χ0n) is 7.35. The van der Waals surface area contributed by atoms with E-state index in [0.29, 0.717) is 5.16 Å². The number of nitrogens with one attached hydrogen (secondary N) is 1. The van der Waals surface area contributed by atoms with Gasteiger partial charge in [0, 0.05) is 12.3 Å². The maximum atomic E-state index is 11.3. The molecule has 0 fully saturated rings. The Balaban J connectivity index is 3.01. The lowest BCUT2D eigenvalue weighted by Crippen LogP contribution is -2.11. The van der Waals surface area contributed by atoms with Gasteiger partial charge in [0.25, 0.3) is 5.56 Å². The zero-order chi connectivity index (χ0) is 10.6. The number of hydrogen-bond donors (Lipinski definition) is 2. The quantitative estimate of drug-likeness (QED) is 0.435. The highest BCUT2D eigenvalue weighted by Gasteiger charge is 1.98. The van der Waals surface area contributed by atoms with E-state index in [4.69, 9.17) is 5.11 Å². The first-order chi connectivity index (χ1) is 6.63. The predicted octanol–water partition coefficient (Wildman–Crippen LogP) is 0.590. The predicted molar refractivity (Wildman–Crippen MR) is 53.3 cm³/mol. The molecular formula is C8H8N2O3S. The summed E-state index contributed by atoms with van der Waals surface area (Å²) < 4.78 is 0. The second kappa shape index (κ2) is 4.61. The molecule has 0 aromatic carbocycles. The fraction of sp³-hybridized carbons (Fsp3) is 0.125. The molecule has 0 spiro atoms. The molecule has 0 radical (unpaired) electrons. The standard InChI is InChI=1S/C8H8N2O3S/c1-14-8-9-4-5(7(13)10-8)2-3-6(11)12/h2-4H,1H3,(H,11,12)(H,9,10,13)/b3-2+. The van der Waals surface area contributed by atoms with E-state index in [1.165, 1.54) is 24.0 Å². The van der Waals surface area contributed by atoms with Gasteiger partial charge < -0.3 is 10.1 Å². The van der Waals surface area contributed by atoms with Crippen molar-refractivity contribution in [1.29, 1.82) is 0 Å². The largest absolute Gasteiger partial charge is 0.478 e. The SMILES string of the molecule is CSc1ncc(/C=C/C(=O)O)c(=O)[nH]1. The Hall–Kier alpha value is -1.56. The first kappa shape index (κ1) is 10.5. The number of H-pyrrole nitrogens is 1. The molecule has 1 aromatic rings. The summed E-state index contributed by atoms with van der Waals surface area (Å²) in [7, 11) is 0. The fourth-order valence-electron chi connectivity index (χ4n) is 0.772. The average Bonchev–Trinajstić information content (AvgIpc) is 2.15. The summed E-state index contributed by atoms with van der Waals surface area (Å²) in [6.45, 7) is 0. The van der Waals surface area contributed by atoms with Crippen LogP contribution in [0.3, 0.4) is 0 Å². The molecule has 0 aliphatic rings. The molecule has 1 heterocycles. The van der Waals surface area contributed by atoms with E-state index < -0.39 is 5.97 Å². The van der Waals surface area contributed by atoms with E-state index in [1.54, 1.807) is 6.26 Å². The molecule has 0 atom stereocenters. The van der Waals surface area contributed by atoms with Gasteiger partial charge in [-0.25, -0.2) is 9.78 Å². The first-order valence-corrected chi connectivity index (χ1v) is 4.90. The van der Waals surface area contributed by atoms with Gasteiger partial charge in [-0.1, -0.05) is 11.8 Å². The monoisotopic (exact) mass is 212 g/mol. The van der Waals surface area contributed by atoms with Crippen molar-refractivity contribution < 1.29 is 9.90 Å². The van der Waals surface area contributed by atoms with E-state index in [2.05, 4.69) is 9.97 Å². The minimum atomic E-state index is -1.10. The summed E-state index contributed by atoms with van der Waals surface area (Å²) in [5.74, 6) is -1.10. The smallest absolute Gasteiger partial charge is 0.328 e. The maximum Gasteiger partial charge on any atom is 0.328 e. The average molecular weight is 212 g/mol. The highest BCUT2D eigenvalue weighted by Crippen LogP contribution is 2.04. The molecule has 0 saturated carbocycles. The molecule has 0 aliphatic carbocycles. The first-order valence-electron chi connectivity index (χ1n) is 3.68. The van der Waals surface area contributed by atoms with Crippen LogP contribution >= 0.6 is 11.8 Å². The molecule has 0 unspecified atom stereocenters. The van der Waals surface area contributed by atoms with Crippen LogP contribution in [0.25, 0.3) is 6.08 Å². The van der Waals surface area contributed by atoms with Gasteiger partial charge in [-0.3, -0.25) is 4.79 Å². The van der Waals surface area contributed by atoms with Crippen molar-refractivity contribution in [2.45, 2.75) is 5.16 Å². The Labute approximate surface area is 83.9 Å². The lowest BCUT2D eigenvalue weighted by Gasteiger charge is -1.95. The number of hydrogen-bond acceptors (Lipinski definition) is 4. The maximum absolute atomic E-state index is 11.3. The second-order valence-electron chi connectivity index (χ2n) is 2.35. The topological polar surface area (TPSA) is 83.0 Å². The van der Waals surface area contributed by atoms with E-state index in [-0.39, 0.29) is 11.1 Å². The van der Waals surface area contributed by atoms with Crippen LogP contribution in [0.1, 0.15) is 5.56 Å². The molecule has 6 heteroatoms. The Kier molecular flexibility index (Phi) is 3.47. The summed E-state index contributed by atoms with van der Waals surface area (Å²) in [5.41, 5.74) is -0.118. The number of aliphatic carboxylic acids is 1. The third kappa shape index (κ3) is 2.74. The summed E-state index contributed by atoms with van der Waals surface area (Å²) in [5, 5.41) is 8.85. The lowest BCUT2D eigenvalue weighted by molar-refractivity contribution is -0.131. The molecule has 0 saturated heterocycles. The highest BCUT2D eigenvalue weighted by molar-refractivity contribution is 7.98. The van der Waals surface area contributed by atoms with Gasteiger partial charge in [-0.15, -0.1) is 0 Å². The van der Waals surface area contributed by atoms with Crippen LogP contribution in [-0.2, 0) is 4.79 Å². The van der Waals surface area contributed by atoms with Crippen LogP contribution in [0, 0.1) is 0 Å². The molecule has 2 N–H and O–H groups in total. The second-order valence-corrected chi connectivity index (χ2v) is 3.14. The van der Waals surface area contributed by atoms with Crippen LogP contribution in [0.4, 0.5) is 0 Å². The van der Waals surface area contributed by atoms with Gasteiger partial charge in [-0.05, 0) is 12.3 Å². The molecule has 74 valence electrons. The Morgan fingerprint density at radius 2 is 2.43 bits per heavy atom. The molecule has 0 aliphatic heterocycles. The van der Waals surface area contributed by atoms with Crippen LogP contribution in [0.15, 0.2) is 22.2 Å².